The fourth-order valence-corrected chi connectivity index (χ4v) is 4.13. The molecule has 2 aromatic carbocycles. The average molecular weight is 517 g/mol. The zero-order valence-corrected chi connectivity index (χ0v) is 22.8. The summed E-state index contributed by atoms with van der Waals surface area (Å²) in [6, 6.07) is 12.4. The summed E-state index contributed by atoms with van der Waals surface area (Å²) in [7, 11) is 1.66. The Morgan fingerprint density at radius 1 is 1.11 bits per heavy atom. The first-order chi connectivity index (χ1) is 18.0. The van der Waals surface area contributed by atoms with Gasteiger partial charge in [0, 0.05) is 36.6 Å². The molecular weight excluding hydrogens is 480 g/mol. The second-order valence-electron chi connectivity index (χ2n) is 9.55. The van der Waals surface area contributed by atoms with E-state index in [2.05, 4.69) is 22.5 Å². The zero-order chi connectivity index (χ0) is 28.0. The van der Waals surface area contributed by atoms with Crippen molar-refractivity contribution in [3.8, 4) is 22.6 Å². The van der Waals surface area contributed by atoms with E-state index in [0.717, 1.165) is 16.9 Å². The maximum atomic E-state index is 13.1. The number of hydrogen-bond acceptors (Lipinski definition) is 5. The predicted octanol–water partition coefficient (Wildman–Crippen LogP) is 5.16. The standard InChI is InChI=1S/C30H36N4O4/c1-8-26(35)32-22-13-14-25(38-28-19(5)11-10-12-20(28)6)23(16-22)21-15-24(30(37)34(7)17-21)33-27(18(3)4)29(36)31-9-2/h8,10-18,27,33H,1,9H2,2-7H3,(H,31,36)(H,32,35)/t27-/m1/s1. The molecule has 0 bridgehead atoms. The summed E-state index contributed by atoms with van der Waals surface area (Å²) in [4.78, 5) is 37.8. The lowest BCUT2D eigenvalue weighted by molar-refractivity contribution is -0.122. The van der Waals surface area contributed by atoms with Crippen LogP contribution < -0.4 is 26.2 Å². The van der Waals surface area contributed by atoms with Crippen molar-refractivity contribution < 1.29 is 14.3 Å². The molecule has 0 unspecified atom stereocenters. The Kier molecular flexibility index (Phi) is 9.12. The predicted molar refractivity (Wildman–Crippen MR) is 153 cm³/mol. The number of nitrogens with one attached hydrogen (secondary N) is 3. The Bertz CT molecular complexity index is 1390. The van der Waals surface area contributed by atoms with Gasteiger partial charge in [-0.25, -0.2) is 0 Å². The third-order valence-corrected chi connectivity index (χ3v) is 6.16. The Hall–Kier alpha value is -4.33. The molecule has 200 valence electrons. The lowest BCUT2D eigenvalue weighted by Crippen LogP contribution is -2.44. The van der Waals surface area contributed by atoms with Crippen LogP contribution in [0.1, 0.15) is 31.9 Å². The number of para-hydroxylation sites is 1. The van der Waals surface area contributed by atoms with Crippen LogP contribution in [0.25, 0.3) is 11.1 Å². The summed E-state index contributed by atoms with van der Waals surface area (Å²) in [6.07, 6.45) is 2.90. The van der Waals surface area contributed by atoms with Crippen molar-refractivity contribution in [3.63, 3.8) is 0 Å². The zero-order valence-electron chi connectivity index (χ0n) is 22.8. The van der Waals surface area contributed by atoms with Crippen molar-refractivity contribution in [2.24, 2.45) is 13.0 Å². The Morgan fingerprint density at radius 3 is 2.39 bits per heavy atom. The second kappa shape index (κ2) is 12.3. The molecule has 0 radical (unpaired) electrons. The number of anilines is 2. The summed E-state index contributed by atoms with van der Waals surface area (Å²) < 4.78 is 7.87. The average Bonchev–Trinajstić information content (AvgIpc) is 2.87. The molecule has 8 heteroatoms. The van der Waals surface area contributed by atoms with Crippen molar-refractivity contribution in [3.05, 3.63) is 82.8 Å². The van der Waals surface area contributed by atoms with Gasteiger partial charge in [-0.05, 0) is 68.2 Å². The van der Waals surface area contributed by atoms with Crippen LogP contribution in [0, 0.1) is 19.8 Å². The first-order valence-corrected chi connectivity index (χ1v) is 12.6. The third kappa shape index (κ3) is 6.51. The van der Waals surface area contributed by atoms with Gasteiger partial charge in [0.15, 0.2) is 0 Å². The van der Waals surface area contributed by atoms with Crippen molar-refractivity contribution in [1.82, 2.24) is 9.88 Å². The molecule has 3 rings (SSSR count). The van der Waals surface area contributed by atoms with Gasteiger partial charge in [-0.2, -0.15) is 0 Å². The number of ether oxygens (including phenoxy) is 1. The molecule has 38 heavy (non-hydrogen) atoms. The number of aromatic nitrogens is 1. The van der Waals surface area contributed by atoms with Gasteiger partial charge in [-0.1, -0.05) is 38.6 Å². The fraction of sp³-hybridized carbons (Fsp3) is 0.300. The molecular formula is C30H36N4O4. The van der Waals surface area contributed by atoms with E-state index in [-0.39, 0.29) is 29.0 Å². The molecule has 0 saturated heterocycles. The van der Waals surface area contributed by atoms with Crippen LogP contribution in [0.3, 0.4) is 0 Å². The van der Waals surface area contributed by atoms with E-state index in [1.807, 2.05) is 52.8 Å². The Balaban J connectivity index is 2.16. The fourth-order valence-electron chi connectivity index (χ4n) is 4.13. The van der Waals surface area contributed by atoms with Crippen LogP contribution >= 0.6 is 0 Å². The number of benzene rings is 2. The number of carbonyl (C=O) groups excluding carboxylic acids is 2. The number of rotatable bonds is 10. The number of amides is 2. The number of nitrogens with zero attached hydrogens (tertiary/aromatic N) is 1. The van der Waals surface area contributed by atoms with Crippen LogP contribution in [0.5, 0.6) is 11.5 Å². The molecule has 3 N–H and O–H groups in total. The first kappa shape index (κ1) is 28.2. The minimum Gasteiger partial charge on any atom is -0.456 e. The van der Waals surface area contributed by atoms with E-state index < -0.39 is 6.04 Å². The molecule has 0 aliphatic carbocycles. The third-order valence-electron chi connectivity index (χ3n) is 6.16. The first-order valence-electron chi connectivity index (χ1n) is 12.6. The summed E-state index contributed by atoms with van der Waals surface area (Å²) in [6.45, 7) is 13.6. The highest BCUT2D eigenvalue weighted by molar-refractivity contribution is 5.99. The van der Waals surface area contributed by atoms with Gasteiger partial charge in [-0.3, -0.25) is 14.4 Å². The van der Waals surface area contributed by atoms with Crippen molar-refractivity contribution in [1.29, 1.82) is 0 Å². The van der Waals surface area contributed by atoms with Crippen molar-refractivity contribution in [2.75, 3.05) is 17.2 Å². The summed E-state index contributed by atoms with van der Waals surface area (Å²) in [5.74, 6) is 0.700. The summed E-state index contributed by atoms with van der Waals surface area (Å²) in [5, 5.41) is 8.77. The topological polar surface area (TPSA) is 101 Å². The molecule has 8 nitrogen and oxygen atoms in total. The lowest BCUT2D eigenvalue weighted by Gasteiger charge is -2.23. The van der Waals surface area contributed by atoms with E-state index in [0.29, 0.717) is 29.1 Å². The molecule has 0 spiro atoms. The van der Waals surface area contributed by atoms with Crippen LogP contribution in [0.15, 0.2) is 66.1 Å². The molecule has 0 aliphatic heterocycles. The number of likely N-dealkylation sites (N-methyl/N-ethyl adjacent to an activating group) is 1. The monoisotopic (exact) mass is 516 g/mol. The molecule has 1 atom stereocenters. The smallest absolute Gasteiger partial charge is 0.273 e. The highest BCUT2D eigenvalue weighted by atomic mass is 16.5. The molecule has 1 aromatic heterocycles. The SMILES string of the molecule is C=CC(=O)Nc1ccc(Oc2c(C)cccc2C)c(-c2cc(N[C@@H](C(=O)NCC)C(C)C)c(=O)n(C)c2)c1. The highest BCUT2D eigenvalue weighted by Gasteiger charge is 2.23. The van der Waals surface area contributed by atoms with Gasteiger partial charge in [0.25, 0.3) is 5.56 Å². The van der Waals surface area contributed by atoms with Crippen LogP contribution in [-0.2, 0) is 16.6 Å². The Labute approximate surface area is 223 Å². The lowest BCUT2D eigenvalue weighted by atomic mass is 10.0. The molecule has 0 fully saturated rings. The van der Waals surface area contributed by atoms with E-state index in [1.54, 1.807) is 37.5 Å². The largest absolute Gasteiger partial charge is 0.456 e. The Morgan fingerprint density at radius 2 is 1.79 bits per heavy atom. The second-order valence-corrected chi connectivity index (χ2v) is 9.55. The van der Waals surface area contributed by atoms with E-state index >= 15 is 0 Å². The van der Waals surface area contributed by atoms with Gasteiger partial charge in [0.05, 0.1) is 0 Å². The highest BCUT2D eigenvalue weighted by Crippen LogP contribution is 2.38. The molecule has 1 heterocycles. The molecule has 0 saturated carbocycles. The van der Waals surface area contributed by atoms with Gasteiger partial charge in [0.2, 0.25) is 11.8 Å². The minimum atomic E-state index is -0.596. The number of pyridine rings is 1. The van der Waals surface area contributed by atoms with Gasteiger partial charge >= 0.3 is 0 Å². The van der Waals surface area contributed by atoms with E-state index in [4.69, 9.17) is 4.74 Å². The van der Waals surface area contributed by atoms with Gasteiger partial charge < -0.3 is 25.3 Å². The van der Waals surface area contributed by atoms with Crippen molar-refractivity contribution in [2.45, 2.75) is 40.7 Å². The molecule has 3 aromatic rings. The summed E-state index contributed by atoms with van der Waals surface area (Å²) >= 11 is 0. The maximum Gasteiger partial charge on any atom is 0.273 e. The maximum absolute atomic E-state index is 13.1. The molecule has 0 aliphatic rings. The quantitative estimate of drug-likeness (QED) is 0.323. The van der Waals surface area contributed by atoms with E-state index in [1.165, 1.54) is 10.6 Å². The van der Waals surface area contributed by atoms with Crippen molar-refractivity contribution >= 4 is 23.2 Å². The summed E-state index contributed by atoms with van der Waals surface area (Å²) in [5.41, 5.74) is 3.85. The normalized spacial score (nSPS) is 11.6. The van der Waals surface area contributed by atoms with Gasteiger partial charge in [0.1, 0.15) is 23.2 Å². The number of carbonyl (C=O) groups is 2. The van der Waals surface area contributed by atoms with Crippen LogP contribution in [-0.4, -0.2) is 29.0 Å². The van der Waals surface area contributed by atoms with Gasteiger partial charge in [-0.15, -0.1) is 0 Å². The molecule has 2 amide bonds. The number of aryl methyl sites for hydroxylation is 3. The number of hydrogen-bond donors (Lipinski definition) is 3. The van der Waals surface area contributed by atoms with Crippen LogP contribution in [0.2, 0.25) is 0 Å². The minimum absolute atomic E-state index is 0.0599. The van der Waals surface area contributed by atoms with Crippen LogP contribution in [0.4, 0.5) is 11.4 Å². The van der Waals surface area contributed by atoms with E-state index in [9.17, 15) is 14.4 Å².